The summed E-state index contributed by atoms with van der Waals surface area (Å²) in [6, 6.07) is 6.48. The van der Waals surface area contributed by atoms with Crippen molar-refractivity contribution in [2.24, 2.45) is 5.92 Å². The Morgan fingerprint density at radius 3 is 2.40 bits per heavy atom. The van der Waals surface area contributed by atoms with Crippen LogP contribution >= 0.6 is 0 Å². The Labute approximate surface area is 93.1 Å². The van der Waals surface area contributed by atoms with E-state index in [0.717, 1.165) is 6.42 Å². The number of hydrogen-bond donors (Lipinski definition) is 1. The molecule has 1 N–H and O–H groups in total. The Balaban J connectivity index is 2.95. The van der Waals surface area contributed by atoms with Crippen molar-refractivity contribution in [1.29, 1.82) is 0 Å². The van der Waals surface area contributed by atoms with Crippen LogP contribution in [0.25, 0.3) is 0 Å². The first-order chi connectivity index (χ1) is 7.04. The van der Waals surface area contributed by atoms with Gasteiger partial charge in [0.25, 0.3) is 0 Å². The van der Waals surface area contributed by atoms with Gasteiger partial charge >= 0.3 is 0 Å². The summed E-state index contributed by atoms with van der Waals surface area (Å²) in [6.45, 7) is 8.88. The van der Waals surface area contributed by atoms with E-state index in [2.05, 4.69) is 45.9 Å². The number of aryl methyl sites for hydroxylation is 2. The molecule has 1 rings (SSSR count). The van der Waals surface area contributed by atoms with Gasteiger partial charge in [-0.05, 0) is 37.3 Å². The fraction of sp³-hybridized carbons (Fsp3) is 0.571. The molecule has 0 aliphatic rings. The summed E-state index contributed by atoms with van der Waals surface area (Å²) in [7, 11) is 0. The van der Waals surface area contributed by atoms with Crippen LogP contribution in [0.15, 0.2) is 18.2 Å². The second kappa shape index (κ2) is 5.32. The SMILES string of the molecule is Cc1ccc(C)c(C(CO)CC(C)C)c1. The molecule has 1 heteroatoms. The largest absolute Gasteiger partial charge is 0.396 e. The molecular weight excluding hydrogens is 184 g/mol. The van der Waals surface area contributed by atoms with Gasteiger partial charge in [-0.1, -0.05) is 37.6 Å². The van der Waals surface area contributed by atoms with Crippen LogP contribution in [0, 0.1) is 19.8 Å². The normalized spacial score (nSPS) is 13.2. The molecule has 15 heavy (non-hydrogen) atoms. The maximum Gasteiger partial charge on any atom is 0.0499 e. The number of hydrogen-bond acceptors (Lipinski definition) is 1. The Kier molecular flexibility index (Phi) is 4.34. The van der Waals surface area contributed by atoms with E-state index in [-0.39, 0.29) is 6.61 Å². The Bertz CT molecular complexity index is 315. The molecule has 0 radical (unpaired) electrons. The van der Waals surface area contributed by atoms with Gasteiger partial charge in [0.1, 0.15) is 0 Å². The predicted octanol–water partition coefficient (Wildman–Crippen LogP) is 3.43. The van der Waals surface area contributed by atoms with E-state index in [1.54, 1.807) is 0 Å². The minimum atomic E-state index is 0.252. The zero-order valence-corrected chi connectivity index (χ0v) is 10.2. The molecule has 0 aliphatic heterocycles. The van der Waals surface area contributed by atoms with E-state index in [1.807, 2.05) is 0 Å². The van der Waals surface area contributed by atoms with E-state index < -0.39 is 0 Å². The average molecular weight is 206 g/mol. The van der Waals surface area contributed by atoms with Crippen LogP contribution in [0.3, 0.4) is 0 Å². The van der Waals surface area contributed by atoms with Crippen molar-refractivity contribution < 1.29 is 5.11 Å². The molecule has 0 saturated heterocycles. The van der Waals surface area contributed by atoms with Gasteiger partial charge in [0.05, 0.1) is 0 Å². The summed E-state index contributed by atoms with van der Waals surface area (Å²) >= 11 is 0. The lowest BCUT2D eigenvalue weighted by atomic mass is 9.87. The van der Waals surface area contributed by atoms with Gasteiger partial charge in [-0.2, -0.15) is 0 Å². The summed E-state index contributed by atoms with van der Waals surface area (Å²) in [4.78, 5) is 0. The van der Waals surface area contributed by atoms with Crippen molar-refractivity contribution >= 4 is 0 Å². The Morgan fingerprint density at radius 1 is 1.20 bits per heavy atom. The molecule has 1 aromatic carbocycles. The molecule has 0 heterocycles. The first-order valence-electron chi connectivity index (χ1n) is 5.72. The van der Waals surface area contributed by atoms with E-state index in [9.17, 15) is 5.11 Å². The zero-order valence-electron chi connectivity index (χ0n) is 10.2. The van der Waals surface area contributed by atoms with Crippen molar-refractivity contribution in [3.05, 3.63) is 34.9 Å². The quantitative estimate of drug-likeness (QED) is 0.800. The van der Waals surface area contributed by atoms with E-state index in [4.69, 9.17) is 0 Å². The summed E-state index contributed by atoms with van der Waals surface area (Å²) < 4.78 is 0. The highest BCUT2D eigenvalue weighted by atomic mass is 16.3. The van der Waals surface area contributed by atoms with Crippen molar-refractivity contribution in [1.82, 2.24) is 0 Å². The summed E-state index contributed by atoms with van der Waals surface area (Å²) in [5.41, 5.74) is 3.88. The highest BCUT2D eigenvalue weighted by Crippen LogP contribution is 2.26. The lowest BCUT2D eigenvalue weighted by Crippen LogP contribution is -2.09. The second-order valence-corrected chi connectivity index (χ2v) is 4.87. The van der Waals surface area contributed by atoms with E-state index in [1.165, 1.54) is 16.7 Å². The summed E-state index contributed by atoms with van der Waals surface area (Å²) in [6.07, 6.45) is 1.06. The lowest BCUT2D eigenvalue weighted by Gasteiger charge is -2.19. The predicted molar refractivity (Wildman–Crippen MR) is 65.2 cm³/mol. The fourth-order valence-electron chi connectivity index (χ4n) is 2.07. The molecule has 0 aromatic heterocycles. The monoisotopic (exact) mass is 206 g/mol. The van der Waals surface area contributed by atoms with Crippen molar-refractivity contribution in [3.8, 4) is 0 Å². The molecule has 1 nitrogen and oxygen atoms in total. The van der Waals surface area contributed by atoms with E-state index in [0.29, 0.717) is 11.8 Å². The molecule has 0 amide bonds. The van der Waals surface area contributed by atoms with Gasteiger partial charge in [-0.25, -0.2) is 0 Å². The molecule has 1 aromatic rings. The molecule has 1 unspecified atom stereocenters. The van der Waals surface area contributed by atoms with Crippen LogP contribution < -0.4 is 0 Å². The molecule has 0 saturated carbocycles. The lowest BCUT2D eigenvalue weighted by molar-refractivity contribution is 0.248. The molecule has 1 atom stereocenters. The second-order valence-electron chi connectivity index (χ2n) is 4.87. The molecule has 0 spiro atoms. The van der Waals surface area contributed by atoms with Gasteiger partial charge in [0, 0.05) is 12.5 Å². The molecule has 0 fully saturated rings. The number of benzene rings is 1. The smallest absolute Gasteiger partial charge is 0.0499 e. The average Bonchev–Trinajstić information content (AvgIpc) is 2.18. The van der Waals surface area contributed by atoms with Crippen molar-refractivity contribution in [3.63, 3.8) is 0 Å². The molecule has 0 aliphatic carbocycles. The van der Waals surface area contributed by atoms with Crippen LogP contribution in [0.2, 0.25) is 0 Å². The highest BCUT2D eigenvalue weighted by Gasteiger charge is 2.14. The maximum absolute atomic E-state index is 9.44. The summed E-state index contributed by atoms with van der Waals surface area (Å²) in [5, 5.41) is 9.44. The minimum absolute atomic E-state index is 0.252. The van der Waals surface area contributed by atoms with Crippen molar-refractivity contribution in [2.75, 3.05) is 6.61 Å². The number of rotatable bonds is 4. The van der Waals surface area contributed by atoms with Crippen LogP contribution in [-0.2, 0) is 0 Å². The van der Waals surface area contributed by atoms with E-state index >= 15 is 0 Å². The molecule has 0 bridgehead atoms. The first-order valence-corrected chi connectivity index (χ1v) is 5.72. The van der Waals surface area contributed by atoms with Crippen LogP contribution in [0.1, 0.15) is 42.9 Å². The number of aliphatic hydroxyl groups is 1. The van der Waals surface area contributed by atoms with Gasteiger partial charge in [-0.15, -0.1) is 0 Å². The summed E-state index contributed by atoms with van der Waals surface area (Å²) in [5.74, 6) is 0.923. The Hall–Kier alpha value is -0.820. The van der Waals surface area contributed by atoms with Crippen LogP contribution in [0.5, 0.6) is 0 Å². The standard InChI is InChI=1S/C14H22O/c1-10(2)7-13(9-15)14-8-11(3)5-6-12(14)4/h5-6,8,10,13,15H,7,9H2,1-4H3. The third kappa shape index (κ3) is 3.35. The van der Waals surface area contributed by atoms with Gasteiger partial charge in [0.2, 0.25) is 0 Å². The maximum atomic E-state index is 9.44. The Morgan fingerprint density at radius 2 is 1.87 bits per heavy atom. The third-order valence-corrected chi connectivity index (χ3v) is 2.85. The van der Waals surface area contributed by atoms with Crippen LogP contribution in [0.4, 0.5) is 0 Å². The topological polar surface area (TPSA) is 20.2 Å². The van der Waals surface area contributed by atoms with Gasteiger partial charge in [-0.3, -0.25) is 0 Å². The van der Waals surface area contributed by atoms with Gasteiger partial charge in [0.15, 0.2) is 0 Å². The highest BCUT2D eigenvalue weighted by molar-refractivity contribution is 5.33. The zero-order chi connectivity index (χ0) is 11.4. The molecular formula is C14H22O. The first kappa shape index (κ1) is 12.3. The van der Waals surface area contributed by atoms with Gasteiger partial charge < -0.3 is 5.11 Å². The minimum Gasteiger partial charge on any atom is -0.396 e. The third-order valence-electron chi connectivity index (χ3n) is 2.85. The van der Waals surface area contributed by atoms with Crippen LogP contribution in [-0.4, -0.2) is 11.7 Å². The molecule has 84 valence electrons. The number of aliphatic hydroxyl groups excluding tert-OH is 1. The van der Waals surface area contributed by atoms with Crippen molar-refractivity contribution in [2.45, 2.75) is 40.0 Å². The fourth-order valence-corrected chi connectivity index (χ4v) is 2.07.